The molecule has 0 bridgehead atoms. The molecule has 0 aliphatic rings. The number of nitrogens with one attached hydrogen (secondary N) is 2. The molecule has 0 saturated carbocycles. The van der Waals surface area contributed by atoms with Crippen LogP contribution < -0.4 is 14.9 Å². The third-order valence-electron chi connectivity index (χ3n) is 6.57. The number of ether oxygens (including phenoxy) is 1. The maximum Gasteiger partial charge on any atom is 0.308 e. The van der Waals surface area contributed by atoms with Gasteiger partial charge >= 0.3 is 10.8 Å². The molecule has 206 valence electrons. The zero-order chi connectivity index (χ0) is 28.8. The summed E-state index contributed by atoms with van der Waals surface area (Å²) in [5.74, 6) is -0.0650. The van der Waals surface area contributed by atoms with Gasteiger partial charge in [-0.1, -0.05) is 84.1 Å². The average molecular weight is 565 g/mol. The van der Waals surface area contributed by atoms with Gasteiger partial charge in [0.1, 0.15) is 5.75 Å². The van der Waals surface area contributed by atoms with Crippen LogP contribution in [0.5, 0.6) is 11.6 Å². The van der Waals surface area contributed by atoms with E-state index in [0.717, 1.165) is 44.7 Å². The van der Waals surface area contributed by atoms with Gasteiger partial charge in [0.2, 0.25) is 5.88 Å². The fourth-order valence-electron chi connectivity index (χ4n) is 4.50. The molecule has 0 aliphatic carbocycles. The van der Waals surface area contributed by atoms with Gasteiger partial charge in [0.05, 0.1) is 4.88 Å². The number of hydrogen-bond acceptors (Lipinski definition) is 6. The highest BCUT2D eigenvalue weighted by molar-refractivity contribution is 7.09. The minimum atomic E-state index is -0.361. The third-order valence-corrected chi connectivity index (χ3v) is 7.45. The van der Waals surface area contributed by atoms with Crippen molar-refractivity contribution in [3.63, 3.8) is 0 Å². The maximum absolute atomic E-state index is 12.7. The molecule has 0 aliphatic heterocycles. The van der Waals surface area contributed by atoms with E-state index in [0.29, 0.717) is 35.6 Å². The normalized spacial score (nSPS) is 10.8. The van der Waals surface area contributed by atoms with E-state index in [1.807, 2.05) is 66.7 Å². The first kappa shape index (κ1) is 27.6. The van der Waals surface area contributed by atoms with Gasteiger partial charge < -0.3 is 15.2 Å². The molecule has 0 saturated heterocycles. The predicted molar refractivity (Wildman–Crippen MR) is 161 cm³/mol. The molecule has 7 nitrogen and oxygen atoms in total. The lowest BCUT2D eigenvalue weighted by Crippen LogP contribution is -2.25. The summed E-state index contributed by atoms with van der Waals surface area (Å²) in [7, 11) is 0. The van der Waals surface area contributed by atoms with Crippen LogP contribution in [0.15, 0.2) is 102 Å². The highest BCUT2D eigenvalue weighted by atomic mass is 32.1. The van der Waals surface area contributed by atoms with E-state index >= 15 is 0 Å². The van der Waals surface area contributed by atoms with Gasteiger partial charge in [0, 0.05) is 25.5 Å². The van der Waals surface area contributed by atoms with Gasteiger partial charge in [-0.05, 0) is 64.1 Å². The number of aromatic hydroxyl groups is 1. The second-order valence-electron chi connectivity index (χ2n) is 9.56. The monoisotopic (exact) mass is 564 g/mol. The Balaban J connectivity index is 1.14. The highest BCUT2D eigenvalue weighted by Crippen LogP contribution is 2.25. The second kappa shape index (κ2) is 12.5. The number of aromatic nitrogens is 1. The Morgan fingerprint density at radius 1 is 0.829 bits per heavy atom. The van der Waals surface area contributed by atoms with Crippen molar-refractivity contribution >= 4 is 23.2 Å². The molecular weight excluding hydrogens is 536 g/mol. The summed E-state index contributed by atoms with van der Waals surface area (Å²) in [5.41, 5.74) is 6.75. The lowest BCUT2D eigenvalue weighted by Gasteiger charge is -2.09. The highest BCUT2D eigenvalue weighted by Gasteiger charge is 2.09. The Labute approximate surface area is 241 Å². The van der Waals surface area contributed by atoms with E-state index in [1.165, 1.54) is 6.92 Å². The molecule has 0 atom stereocenters. The van der Waals surface area contributed by atoms with E-state index in [9.17, 15) is 19.5 Å². The number of thiazole rings is 1. The van der Waals surface area contributed by atoms with Crippen LogP contribution in [0.25, 0.3) is 22.3 Å². The summed E-state index contributed by atoms with van der Waals surface area (Å²) < 4.78 is 5.07. The molecule has 0 fully saturated rings. The van der Waals surface area contributed by atoms with Gasteiger partial charge in [0.15, 0.2) is 0 Å². The molecule has 5 rings (SSSR count). The molecule has 1 amide bonds. The molecule has 41 heavy (non-hydrogen) atoms. The second-order valence-corrected chi connectivity index (χ2v) is 10.6. The summed E-state index contributed by atoms with van der Waals surface area (Å²) in [6.45, 7) is 1.87. The Hall–Kier alpha value is -4.95. The minimum Gasteiger partial charge on any atom is -0.494 e. The molecule has 1 heterocycles. The first-order valence-electron chi connectivity index (χ1n) is 13.1. The van der Waals surface area contributed by atoms with Crippen molar-refractivity contribution in [2.45, 2.75) is 19.8 Å². The van der Waals surface area contributed by atoms with Crippen molar-refractivity contribution in [1.82, 2.24) is 10.3 Å². The number of esters is 1. The zero-order valence-corrected chi connectivity index (χ0v) is 23.2. The molecule has 8 heteroatoms. The van der Waals surface area contributed by atoms with E-state index in [2.05, 4.69) is 16.4 Å². The van der Waals surface area contributed by atoms with Crippen LogP contribution >= 0.6 is 11.3 Å². The fraction of sp³-hybridized carbons (Fsp3) is 0.121. The number of rotatable bonds is 9. The molecular formula is C33H28N2O5S. The molecule has 5 aromatic rings. The van der Waals surface area contributed by atoms with Crippen molar-refractivity contribution in [2.75, 3.05) is 6.54 Å². The van der Waals surface area contributed by atoms with Crippen LogP contribution in [0.4, 0.5) is 0 Å². The average Bonchev–Trinajstić information content (AvgIpc) is 3.29. The van der Waals surface area contributed by atoms with Crippen LogP contribution in [0.2, 0.25) is 0 Å². The number of H-pyrrole nitrogens is 1. The standard InChI is InChI=1S/C33H28N2O5S/c1-21(36)40-29-15-13-25(14-16-29)24-9-11-27(12-10-24)31(37)34-18-17-22-3-2-4-28(19-22)26-7-5-23(6-8-26)20-30-32(38)35-33(39)41-30/h2-16,19,38H,17-18,20H2,1H3,(H,34,37)(H,35,39). The van der Waals surface area contributed by atoms with Crippen LogP contribution in [-0.4, -0.2) is 28.5 Å². The summed E-state index contributed by atoms with van der Waals surface area (Å²) >= 11 is 1.02. The van der Waals surface area contributed by atoms with Crippen molar-refractivity contribution in [3.05, 3.63) is 128 Å². The SMILES string of the molecule is CC(=O)Oc1ccc(-c2ccc(C(=O)NCCc3cccc(-c4ccc(Cc5sc(=O)[nH]c5O)cc4)c3)cc2)cc1. The largest absolute Gasteiger partial charge is 0.494 e. The van der Waals surface area contributed by atoms with Crippen molar-refractivity contribution in [1.29, 1.82) is 0 Å². The Morgan fingerprint density at radius 3 is 2.10 bits per heavy atom. The Bertz CT molecular complexity index is 1720. The molecule has 4 aromatic carbocycles. The van der Waals surface area contributed by atoms with Crippen LogP contribution in [0.3, 0.4) is 0 Å². The van der Waals surface area contributed by atoms with Gasteiger partial charge in [0.25, 0.3) is 5.91 Å². The summed E-state index contributed by atoms with van der Waals surface area (Å²) in [6.07, 6.45) is 1.18. The zero-order valence-electron chi connectivity index (χ0n) is 22.3. The van der Waals surface area contributed by atoms with E-state index in [-0.39, 0.29) is 22.6 Å². The van der Waals surface area contributed by atoms with Crippen molar-refractivity contribution < 1.29 is 19.4 Å². The first-order chi connectivity index (χ1) is 19.8. The molecule has 0 radical (unpaired) electrons. The van der Waals surface area contributed by atoms with Gasteiger partial charge in [-0.15, -0.1) is 0 Å². The van der Waals surface area contributed by atoms with Crippen molar-refractivity contribution in [2.24, 2.45) is 0 Å². The minimum absolute atomic E-state index is 0.0646. The molecule has 3 N–H and O–H groups in total. The van der Waals surface area contributed by atoms with Crippen molar-refractivity contribution in [3.8, 4) is 33.9 Å². The quantitative estimate of drug-likeness (QED) is 0.151. The fourth-order valence-corrected chi connectivity index (χ4v) is 5.25. The number of benzene rings is 4. The third kappa shape index (κ3) is 7.17. The van der Waals surface area contributed by atoms with E-state index < -0.39 is 0 Å². The summed E-state index contributed by atoms with van der Waals surface area (Å²) in [6, 6.07) is 30.9. The van der Waals surface area contributed by atoms with E-state index in [1.54, 1.807) is 24.3 Å². The van der Waals surface area contributed by atoms with Gasteiger partial charge in [-0.25, -0.2) is 0 Å². The number of carbonyl (C=O) groups is 2. The summed E-state index contributed by atoms with van der Waals surface area (Å²) in [4.78, 5) is 38.0. The molecule has 0 spiro atoms. The Kier molecular flexibility index (Phi) is 8.41. The topological polar surface area (TPSA) is 108 Å². The molecule has 1 aromatic heterocycles. The number of carbonyl (C=O) groups excluding carboxylic acids is 2. The molecule has 0 unspecified atom stereocenters. The number of amides is 1. The van der Waals surface area contributed by atoms with Gasteiger partial charge in [-0.2, -0.15) is 0 Å². The smallest absolute Gasteiger partial charge is 0.308 e. The van der Waals surface area contributed by atoms with Crippen LogP contribution in [0.1, 0.15) is 33.3 Å². The predicted octanol–water partition coefficient (Wildman–Crippen LogP) is 5.96. The Morgan fingerprint density at radius 2 is 1.46 bits per heavy atom. The lowest BCUT2D eigenvalue weighted by molar-refractivity contribution is -0.131. The van der Waals surface area contributed by atoms with E-state index in [4.69, 9.17) is 4.74 Å². The maximum atomic E-state index is 12.7. The summed E-state index contributed by atoms with van der Waals surface area (Å²) in [5, 5.41) is 12.8. The number of hydrogen-bond donors (Lipinski definition) is 3. The lowest BCUT2D eigenvalue weighted by atomic mass is 10.00. The van der Waals surface area contributed by atoms with Crippen LogP contribution in [-0.2, 0) is 17.6 Å². The first-order valence-corrected chi connectivity index (χ1v) is 13.9. The van der Waals surface area contributed by atoms with Gasteiger partial charge in [-0.3, -0.25) is 19.4 Å². The van der Waals surface area contributed by atoms with Crippen LogP contribution in [0, 0.1) is 0 Å². The number of aromatic amines is 1.